The van der Waals surface area contributed by atoms with Crippen LogP contribution < -0.4 is 9.62 Å². The third-order valence-corrected chi connectivity index (χ3v) is 5.99. The van der Waals surface area contributed by atoms with Crippen LogP contribution >= 0.6 is 22.9 Å². The average Bonchev–Trinajstić information content (AvgIpc) is 2.99. The van der Waals surface area contributed by atoms with Crippen LogP contribution in [-0.4, -0.2) is 44.5 Å². The molecular formula is C15H19ClN4O2S2. The van der Waals surface area contributed by atoms with Crippen molar-refractivity contribution in [3.63, 3.8) is 0 Å². The molecule has 1 fully saturated rings. The van der Waals surface area contributed by atoms with E-state index in [4.69, 9.17) is 11.6 Å². The Morgan fingerprint density at radius 1 is 1.25 bits per heavy atom. The molecule has 6 nitrogen and oxygen atoms in total. The highest BCUT2D eigenvalue weighted by Gasteiger charge is 2.21. The van der Waals surface area contributed by atoms with Gasteiger partial charge in [0.15, 0.2) is 5.82 Å². The summed E-state index contributed by atoms with van der Waals surface area (Å²) >= 11 is 7.43. The topological polar surface area (TPSA) is 75.2 Å². The molecule has 1 aliphatic rings. The number of rotatable bonds is 5. The normalized spacial score (nSPS) is 16.5. The van der Waals surface area contributed by atoms with Crippen LogP contribution in [0, 0.1) is 5.92 Å². The van der Waals surface area contributed by atoms with Crippen molar-refractivity contribution in [1.29, 1.82) is 0 Å². The van der Waals surface area contributed by atoms with Gasteiger partial charge in [-0.25, -0.2) is 13.1 Å². The van der Waals surface area contributed by atoms with Gasteiger partial charge < -0.3 is 4.90 Å². The molecule has 3 rings (SSSR count). The number of anilines is 1. The molecule has 130 valence electrons. The Bertz CT molecular complexity index is 784. The molecule has 0 atom stereocenters. The van der Waals surface area contributed by atoms with E-state index < -0.39 is 10.0 Å². The van der Waals surface area contributed by atoms with E-state index in [2.05, 4.69) is 19.8 Å². The van der Waals surface area contributed by atoms with Crippen LogP contribution in [-0.2, 0) is 10.0 Å². The second-order valence-corrected chi connectivity index (χ2v) is 9.48. The number of nitrogens with one attached hydrogen (secondary N) is 1. The number of thiophene rings is 1. The van der Waals surface area contributed by atoms with Gasteiger partial charge in [0.05, 0.1) is 15.5 Å². The largest absolute Gasteiger partial charge is 0.355 e. The van der Waals surface area contributed by atoms with Crippen LogP contribution in [0.3, 0.4) is 0 Å². The summed E-state index contributed by atoms with van der Waals surface area (Å²) in [5.74, 6) is 1.23. The lowest BCUT2D eigenvalue weighted by Crippen LogP contribution is -2.38. The summed E-state index contributed by atoms with van der Waals surface area (Å²) in [5, 5.41) is 8.62. The van der Waals surface area contributed by atoms with Gasteiger partial charge in [-0.05, 0) is 43.0 Å². The van der Waals surface area contributed by atoms with Gasteiger partial charge in [-0.15, -0.1) is 21.5 Å². The Kier molecular flexibility index (Phi) is 5.39. The minimum atomic E-state index is -3.11. The molecule has 1 aliphatic heterocycles. The number of halogens is 1. The maximum Gasteiger partial charge on any atom is 0.208 e. The summed E-state index contributed by atoms with van der Waals surface area (Å²) in [7, 11) is -3.11. The molecule has 1 N–H and O–H groups in total. The number of sulfonamides is 1. The summed E-state index contributed by atoms with van der Waals surface area (Å²) in [4.78, 5) is 3.19. The van der Waals surface area contributed by atoms with Crippen LogP contribution in [0.4, 0.5) is 5.82 Å². The van der Waals surface area contributed by atoms with Crippen molar-refractivity contribution in [3.05, 3.63) is 28.6 Å². The summed E-state index contributed by atoms with van der Waals surface area (Å²) < 4.78 is 25.7. The molecule has 0 amide bonds. The Hall–Kier alpha value is -1.22. The molecule has 0 aromatic carbocycles. The maximum absolute atomic E-state index is 11.2. The highest BCUT2D eigenvalue weighted by Crippen LogP contribution is 2.30. The first-order valence-corrected chi connectivity index (χ1v) is 10.8. The predicted molar refractivity (Wildman–Crippen MR) is 98.1 cm³/mol. The fourth-order valence-electron chi connectivity index (χ4n) is 2.71. The van der Waals surface area contributed by atoms with Gasteiger partial charge in [0.1, 0.15) is 5.69 Å². The lowest BCUT2D eigenvalue weighted by atomic mass is 9.97. The molecule has 0 spiro atoms. The molecule has 2 aromatic rings. The van der Waals surface area contributed by atoms with Gasteiger partial charge in [0.2, 0.25) is 10.0 Å². The highest BCUT2D eigenvalue weighted by molar-refractivity contribution is 7.88. The van der Waals surface area contributed by atoms with Crippen LogP contribution in [0.5, 0.6) is 0 Å². The molecule has 0 radical (unpaired) electrons. The Balaban J connectivity index is 1.57. The molecule has 9 heteroatoms. The standard InChI is InChI=1S/C15H19ClN4O2S2/c1-24(21,22)17-10-11-6-8-20(9-7-11)15-5-2-12(18-19-15)13-3-4-14(16)23-13/h2-5,11,17H,6-10H2,1H3. The van der Waals surface area contributed by atoms with Gasteiger partial charge in [-0.2, -0.15) is 0 Å². The molecule has 24 heavy (non-hydrogen) atoms. The molecule has 0 aliphatic carbocycles. The smallest absolute Gasteiger partial charge is 0.208 e. The van der Waals surface area contributed by atoms with Crippen LogP contribution in [0.1, 0.15) is 12.8 Å². The second kappa shape index (κ2) is 7.35. The van der Waals surface area contributed by atoms with E-state index >= 15 is 0 Å². The molecule has 3 heterocycles. The third-order valence-electron chi connectivity index (χ3n) is 4.05. The molecule has 0 saturated carbocycles. The minimum Gasteiger partial charge on any atom is -0.355 e. The SMILES string of the molecule is CS(=O)(=O)NCC1CCN(c2ccc(-c3ccc(Cl)s3)nn2)CC1. The van der Waals surface area contributed by atoms with E-state index in [0.717, 1.165) is 46.7 Å². The second-order valence-electron chi connectivity index (χ2n) is 5.93. The molecule has 1 saturated heterocycles. The fourth-order valence-corrected chi connectivity index (χ4v) is 4.26. The molecule has 0 unspecified atom stereocenters. The van der Waals surface area contributed by atoms with Crippen molar-refractivity contribution in [2.24, 2.45) is 5.92 Å². The summed E-state index contributed by atoms with van der Waals surface area (Å²) in [5.41, 5.74) is 0.822. The lowest BCUT2D eigenvalue weighted by molar-refractivity contribution is 0.400. The molecule has 2 aromatic heterocycles. The Labute approximate surface area is 150 Å². The van der Waals surface area contributed by atoms with Crippen LogP contribution in [0.25, 0.3) is 10.6 Å². The number of nitrogens with zero attached hydrogens (tertiary/aromatic N) is 3. The van der Waals surface area contributed by atoms with E-state index in [-0.39, 0.29) is 0 Å². The van der Waals surface area contributed by atoms with Crippen molar-refractivity contribution in [2.45, 2.75) is 12.8 Å². The number of aromatic nitrogens is 2. The number of piperidine rings is 1. The number of hydrogen-bond acceptors (Lipinski definition) is 6. The van der Waals surface area contributed by atoms with Crippen molar-refractivity contribution in [2.75, 3.05) is 30.8 Å². The van der Waals surface area contributed by atoms with E-state index in [1.54, 1.807) is 0 Å². The zero-order valence-corrected chi connectivity index (χ0v) is 15.7. The summed E-state index contributed by atoms with van der Waals surface area (Å²) in [6.45, 7) is 2.22. The fraction of sp³-hybridized carbons (Fsp3) is 0.467. The number of hydrogen-bond donors (Lipinski definition) is 1. The van der Waals surface area contributed by atoms with Crippen molar-refractivity contribution < 1.29 is 8.42 Å². The quantitative estimate of drug-likeness (QED) is 0.854. The van der Waals surface area contributed by atoms with Gasteiger partial charge >= 0.3 is 0 Å². The summed E-state index contributed by atoms with van der Waals surface area (Å²) in [6.07, 6.45) is 3.07. The van der Waals surface area contributed by atoms with Gasteiger partial charge in [0, 0.05) is 19.6 Å². The van der Waals surface area contributed by atoms with E-state index in [0.29, 0.717) is 12.5 Å². The predicted octanol–water partition coefficient (Wildman–Crippen LogP) is 2.62. The maximum atomic E-state index is 11.2. The van der Waals surface area contributed by atoms with Crippen molar-refractivity contribution >= 4 is 38.8 Å². The first-order valence-electron chi connectivity index (χ1n) is 7.70. The van der Waals surface area contributed by atoms with Crippen LogP contribution in [0.15, 0.2) is 24.3 Å². The van der Waals surface area contributed by atoms with Gasteiger partial charge in [-0.1, -0.05) is 11.6 Å². The Morgan fingerprint density at radius 2 is 2.00 bits per heavy atom. The summed E-state index contributed by atoms with van der Waals surface area (Å²) in [6, 6.07) is 7.73. The third kappa shape index (κ3) is 4.66. The average molecular weight is 387 g/mol. The molecule has 0 bridgehead atoms. The monoisotopic (exact) mass is 386 g/mol. The molecular weight excluding hydrogens is 368 g/mol. The first kappa shape index (κ1) is 17.6. The zero-order chi connectivity index (χ0) is 17.2. The first-order chi connectivity index (χ1) is 11.4. The van der Waals surface area contributed by atoms with E-state index in [1.165, 1.54) is 17.6 Å². The lowest BCUT2D eigenvalue weighted by Gasteiger charge is -2.32. The van der Waals surface area contributed by atoms with E-state index in [1.807, 2.05) is 24.3 Å². The van der Waals surface area contributed by atoms with Gasteiger partial charge in [0.25, 0.3) is 0 Å². The Morgan fingerprint density at radius 3 is 2.54 bits per heavy atom. The van der Waals surface area contributed by atoms with E-state index in [9.17, 15) is 8.42 Å². The highest BCUT2D eigenvalue weighted by atomic mass is 35.5. The van der Waals surface area contributed by atoms with Crippen LogP contribution in [0.2, 0.25) is 4.34 Å². The minimum absolute atomic E-state index is 0.372. The van der Waals surface area contributed by atoms with Gasteiger partial charge in [-0.3, -0.25) is 0 Å². The zero-order valence-electron chi connectivity index (χ0n) is 13.3. The van der Waals surface area contributed by atoms with Crippen molar-refractivity contribution in [1.82, 2.24) is 14.9 Å². The van der Waals surface area contributed by atoms with Crippen molar-refractivity contribution in [3.8, 4) is 10.6 Å².